The van der Waals surface area contributed by atoms with E-state index < -0.39 is 0 Å². The minimum atomic E-state index is 0.634. The molecule has 0 aliphatic carbocycles. The Morgan fingerprint density at radius 1 is 1.29 bits per heavy atom. The van der Waals surface area contributed by atoms with E-state index in [1.807, 2.05) is 11.3 Å². The lowest BCUT2D eigenvalue weighted by atomic mass is 9.94. The molecule has 0 aliphatic rings. The van der Waals surface area contributed by atoms with Gasteiger partial charge in [0.2, 0.25) is 0 Å². The SMILES string of the molecule is CCc1cc2sccc2cc1C(C)C. The Morgan fingerprint density at radius 3 is 2.71 bits per heavy atom. The Hall–Kier alpha value is -0.820. The first-order chi connectivity index (χ1) is 6.72. The summed E-state index contributed by atoms with van der Waals surface area (Å²) in [7, 11) is 0. The molecule has 1 heterocycles. The maximum absolute atomic E-state index is 2.36. The second-order valence-corrected chi connectivity index (χ2v) is 4.97. The normalized spacial score (nSPS) is 11.4. The van der Waals surface area contributed by atoms with Crippen LogP contribution in [0.4, 0.5) is 0 Å². The molecule has 0 aliphatic heterocycles. The lowest BCUT2D eigenvalue weighted by Crippen LogP contribution is -1.94. The second-order valence-electron chi connectivity index (χ2n) is 4.02. The highest BCUT2D eigenvalue weighted by Gasteiger charge is 2.07. The molecular weight excluding hydrogens is 188 g/mol. The molecule has 1 aromatic carbocycles. The fourth-order valence-corrected chi connectivity index (χ4v) is 2.75. The van der Waals surface area contributed by atoms with Gasteiger partial charge < -0.3 is 0 Å². The van der Waals surface area contributed by atoms with Crippen LogP contribution in [0.1, 0.15) is 37.8 Å². The molecule has 0 fully saturated rings. The standard InChI is InChI=1S/C13H16S/c1-4-10-8-13-11(5-6-14-13)7-12(10)9(2)3/h5-9H,4H2,1-3H3. The van der Waals surface area contributed by atoms with Crippen LogP contribution in [0.15, 0.2) is 23.6 Å². The van der Waals surface area contributed by atoms with Crippen molar-refractivity contribution in [3.8, 4) is 0 Å². The van der Waals surface area contributed by atoms with Crippen molar-refractivity contribution in [2.75, 3.05) is 0 Å². The zero-order valence-electron chi connectivity index (χ0n) is 9.00. The first kappa shape index (κ1) is 9.72. The summed E-state index contributed by atoms with van der Waals surface area (Å²) in [6.45, 7) is 6.78. The van der Waals surface area contributed by atoms with Crippen LogP contribution in [-0.2, 0) is 6.42 Å². The highest BCUT2D eigenvalue weighted by molar-refractivity contribution is 7.17. The lowest BCUT2D eigenvalue weighted by Gasteiger charge is -2.11. The van der Waals surface area contributed by atoms with Gasteiger partial charge in [0, 0.05) is 4.70 Å². The average molecular weight is 204 g/mol. The van der Waals surface area contributed by atoms with E-state index in [1.54, 1.807) is 0 Å². The minimum Gasteiger partial charge on any atom is -0.144 e. The number of fused-ring (bicyclic) bond motifs is 1. The van der Waals surface area contributed by atoms with Gasteiger partial charge in [0.05, 0.1) is 0 Å². The highest BCUT2D eigenvalue weighted by Crippen LogP contribution is 2.29. The van der Waals surface area contributed by atoms with Gasteiger partial charge in [-0.25, -0.2) is 0 Å². The summed E-state index contributed by atoms with van der Waals surface area (Å²) in [5.41, 5.74) is 3.02. The van der Waals surface area contributed by atoms with Crippen LogP contribution in [0.5, 0.6) is 0 Å². The van der Waals surface area contributed by atoms with Gasteiger partial charge in [0.1, 0.15) is 0 Å². The summed E-state index contributed by atoms with van der Waals surface area (Å²) >= 11 is 1.84. The Bertz CT molecular complexity index is 437. The molecule has 0 atom stereocenters. The zero-order valence-corrected chi connectivity index (χ0v) is 9.82. The largest absolute Gasteiger partial charge is 0.144 e. The van der Waals surface area contributed by atoms with E-state index in [2.05, 4.69) is 44.4 Å². The summed E-state index contributed by atoms with van der Waals surface area (Å²) in [5.74, 6) is 0.634. The molecule has 74 valence electrons. The van der Waals surface area contributed by atoms with Gasteiger partial charge in [-0.05, 0) is 52.4 Å². The molecule has 0 nitrogen and oxygen atoms in total. The highest BCUT2D eigenvalue weighted by atomic mass is 32.1. The summed E-state index contributed by atoms with van der Waals surface area (Å²) < 4.78 is 1.42. The van der Waals surface area contributed by atoms with Gasteiger partial charge in [0.25, 0.3) is 0 Å². The molecule has 2 aromatic rings. The number of aryl methyl sites for hydroxylation is 1. The van der Waals surface area contributed by atoms with Crippen LogP contribution in [0.3, 0.4) is 0 Å². The first-order valence-electron chi connectivity index (χ1n) is 5.22. The van der Waals surface area contributed by atoms with E-state index in [-0.39, 0.29) is 0 Å². The van der Waals surface area contributed by atoms with Crippen LogP contribution in [0.25, 0.3) is 10.1 Å². The number of hydrogen-bond acceptors (Lipinski definition) is 1. The smallest absolute Gasteiger partial charge is 0.0345 e. The fraction of sp³-hybridized carbons (Fsp3) is 0.385. The third kappa shape index (κ3) is 1.57. The molecule has 0 saturated carbocycles. The van der Waals surface area contributed by atoms with Gasteiger partial charge in [0.15, 0.2) is 0 Å². The molecular formula is C13H16S. The van der Waals surface area contributed by atoms with Crippen molar-refractivity contribution in [2.45, 2.75) is 33.1 Å². The van der Waals surface area contributed by atoms with Crippen molar-refractivity contribution in [3.05, 3.63) is 34.7 Å². The third-order valence-electron chi connectivity index (χ3n) is 2.72. The van der Waals surface area contributed by atoms with Crippen molar-refractivity contribution < 1.29 is 0 Å². The van der Waals surface area contributed by atoms with Crippen molar-refractivity contribution in [1.29, 1.82) is 0 Å². The van der Waals surface area contributed by atoms with Gasteiger partial charge >= 0.3 is 0 Å². The maximum atomic E-state index is 2.36. The minimum absolute atomic E-state index is 0.634. The Kier molecular flexibility index (Phi) is 2.60. The van der Waals surface area contributed by atoms with Crippen molar-refractivity contribution in [3.63, 3.8) is 0 Å². The predicted molar refractivity (Wildman–Crippen MR) is 65.3 cm³/mol. The molecule has 1 heteroatoms. The fourth-order valence-electron chi connectivity index (χ4n) is 1.91. The molecule has 0 N–H and O–H groups in total. The van der Waals surface area contributed by atoms with Crippen LogP contribution >= 0.6 is 11.3 Å². The molecule has 0 saturated heterocycles. The molecule has 14 heavy (non-hydrogen) atoms. The number of benzene rings is 1. The van der Waals surface area contributed by atoms with E-state index >= 15 is 0 Å². The molecule has 0 spiro atoms. The zero-order chi connectivity index (χ0) is 10.1. The van der Waals surface area contributed by atoms with Crippen molar-refractivity contribution in [2.24, 2.45) is 0 Å². The molecule has 0 bridgehead atoms. The average Bonchev–Trinajstić information content (AvgIpc) is 2.62. The summed E-state index contributed by atoms with van der Waals surface area (Å²) in [6, 6.07) is 6.93. The Balaban J connectivity index is 2.66. The lowest BCUT2D eigenvalue weighted by molar-refractivity contribution is 0.847. The van der Waals surface area contributed by atoms with Crippen LogP contribution in [0.2, 0.25) is 0 Å². The quantitative estimate of drug-likeness (QED) is 0.671. The summed E-state index contributed by atoms with van der Waals surface area (Å²) in [6.07, 6.45) is 1.14. The molecule has 2 rings (SSSR count). The Morgan fingerprint density at radius 2 is 2.07 bits per heavy atom. The molecule has 1 aromatic heterocycles. The topological polar surface area (TPSA) is 0 Å². The van der Waals surface area contributed by atoms with Gasteiger partial charge in [-0.3, -0.25) is 0 Å². The van der Waals surface area contributed by atoms with Crippen LogP contribution in [-0.4, -0.2) is 0 Å². The van der Waals surface area contributed by atoms with E-state index in [9.17, 15) is 0 Å². The molecule has 0 radical (unpaired) electrons. The van der Waals surface area contributed by atoms with E-state index in [0.717, 1.165) is 6.42 Å². The van der Waals surface area contributed by atoms with Gasteiger partial charge in [-0.2, -0.15) is 0 Å². The van der Waals surface area contributed by atoms with Crippen LogP contribution < -0.4 is 0 Å². The summed E-state index contributed by atoms with van der Waals surface area (Å²) in [5, 5.41) is 3.57. The van der Waals surface area contributed by atoms with Crippen molar-refractivity contribution in [1.82, 2.24) is 0 Å². The van der Waals surface area contributed by atoms with E-state index in [1.165, 1.54) is 21.2 Å². The third-order valence-corrected chi connectivity index (χ3v) is 3.60. The first-order valence-corrected chi connectivity index (χ1v) is 6.10. The number of hydrogen-bond donors (Lipinski definition) is 0. The maximum Gasteiger partial charge on any atom is 0.0345 e. The second kappa shape index (κ2) is 3.74. The van der Waals surface area contributed by atoms with Crippen LogP contribution in [0, 0.1) is 0 Å². The van der Waals surface area contributed by atoms with Gasteiger partial charge in [-0.1, -0.05) is 20.8 Å². The Labute approximate surface area is 89.6 Å². The van der Waals surface area contributed by atoms with Gasteiger partial charge in [-0.15, -0.1) is 11.3 Å². The van der Waals surface area contributed by atoms with E-state index in [4.69, 9.17) is 0 Å². The molecule has 0 amide bonds. The molecule has 0 unspecified atom stereocenters. The number of thiophene rings is 1. The van der Waals surface area contributed by atoms with E-state index in [0.29, 0.717) is 5.92 Å². The monoisotopic (exact) mass is 204 g/mol. The van der Waals surface area contributed by atoms with Crippen molar-refractivity contribution >= 4 is 21.4 Å². The summed E-state index contributed by atoms with van der Waals surface area (Å²) in [4.78, 5) is 0. The number of rotatable bonds is 2. The predicted octanol–water partition coefficient (Wildman–Crippen LogP) is 4.59.